The molecule has 1 rings (SSSR count). The molecule has 0 heterocycles. The molecule has 5 heteroatoms. The number of carbonyl (C=O) groups excluding carboxylic acids is 3. The highest BCUT2D eigenvalue weighted by molar-refractivity contribution is 6.00. The number of Topliss-reactive ketones (excluding diaryl/α,β-unsaturated/α-hetero) is 1. The number of esters is 2. The van der Waals surface area contributed by atoms with E-state index in [2.05, 4.69) is 4.74 Å². The van der Waals surface area contributed by atoms with Gasteiger partial charge in [0.1, 0.15) is 17.3 Å². The molecule has 20 heavy (non-hydrogen) atoms. The van der Waals surface area contributed by atoms with Gasteiger partial charge < -0.3 is 9.47 Å². The smallest absolute Gasteiger partial charge is 0.317 e. The zero-order valence-corrected chi connectivity index (χ0v) is 12.9. The van der Waals surface area contributed by atoms with Crippen molar-refractivity contribution in [3.8, 4) is 0 Å². The second-order valence-electron chi connectivity index (χ2n) is 6.56. The van der Waals surface area contributed by atoms with Gasteiger partial charge in [-0.1, -0.05) is 6.92 Å². The predicted molar refractivity (Wildman–Crippen MR) is 72.9 cm³/mol. The van der Waals surface area contributed by atoms with E-state index in [0.29, 0.717) is 12.8 Å². The van der Waals surface area contributed by atoms with Crippen LogP contribution in [0.5, 0.6) is 0 Å². The average Bonchev–Trinajstić information content (AvgIpc) is 2.24. The molecule has 0 bridgehead atoms. The van der Waals surface area contributed by atoms with Gasteiger partial charge in [-0.3, -0.25) is 14.4 Å². The van der Waals surface area contributed by atoms with Crippen molar-refractivity contribution < 1.29 is 23.9 Å². The summed E-state index contributed by atoms with van der Waals surface area (Å²) in [5.41, 5.74) is -0.643. The average molecular weight is 284 g/mol. The molecule has 1 fully saturated rings. The first-order chi connectivity index (χ1) is 9.14. The molecule has 0 N–H and O–H groups in total. The van der Waals surface area contributed by atoms with Crippen LogP contribution >= 0.6 is 0 Å². The summed E-state index contributed by atoms with van der Waals surface area (Å²) >= 11 is 0. The van der Waals surface area contributed by atoms with Crippen molar-refractivity contribution in [2.24, 2.45) is 17.8 Å². The summed E-state index contributed by atoms with van der Waals surface area (Å²) in [7, 11) is 1.30. The molecular weight excluding hydrogens is 260 g/mol. The maximum Gasteiger partial charge on any atom is 0.317 e. The highest BCUT2D eigenvalue weighted by atomic mass is 16.6. The van der Waals surface area contributed by atoms with E-state index in [-0.39, 0.29) is 24.0 Å². The molecule has 1 aliphatic rings. The fraction of sp³-hybridized carbons (Fsp3) is 0.800. The molecule has 3 atom stereocenters. The third-order valence-corrected chi connectivity index (χ3v) is 3.39. The van der Waals surface area contributed by atoms with Gasteiger partial charge in [-0.25, -0.2) is 0 Å². The molecule has 114 valence electrons. The van der Waals surface area contributed by atoms with Gasteiger partial charge in [-0.15, -0.1) is 0 Å². The second kappa shape index (κ2) is 6.37. The Morgan fingerprint density at radius 2 is 1.90 bits per heavy atom. The van der Waals surface area contributed by atoms with Crippen LogP contribution in [0.15, 0.2) is 0 Å². The number of ether oxygens (including phenoxy) is 2. The van der Waals surface area contributed by atoms with Crippen molar-refractivity contribution in [2.75, 3.05) is 7.11 Å². The number of hydrogen-bond donors (Lipinski definition) is 0. The summed E-state index contributed by atoms with van der Waals surface area (Å²) in [4.78, 5) is 35.8. The molecule has 0 aromatic carbocycles. The van der Waals surface area contributed by atoms with Crippen molar-refractivity contribution in [1.82, 2.24) is 0 Å². The lowest BCUT2D eigenvalue weighted by Gasteiger charge is -2.33. The summed E-state index contributed by atoms with van der Waals surface area (Å²) in [5, 5.41) is 0. The fourth-order valence-electron chi connectivity index (χ4n) is 2.66. The van der Waals surface area contributed by atoms with Gasteiger partial charge in [0.05, 0.1) is 7.11 Å². The molecule has 1 saturated carbocycles. The van der Waals surface area contributed by atoms with Crippen LogP contribution < -0.4 is 0 Å². The highest BCUT2D eigenvalue weighted by Crippen LogP contribution is 2.35. The Hall–Kier alpha value is -1.39. The van der Waals surface area contributed by atoms with Crippen LogP contribution in [0.4, 0.5) is 0 Å². The maximum absolute atomic E-state index is 12.2. The second-order valence-corrected chi connectivity index (χ2v) is 6.56. The molecule has 0 aromatic heterocycles. The fourth-order valence-corrected chi connectivity index (χ4v) is 2.66. The lowest BCUT2D eigenvalue weighted by molar-refractivity contribution is -0.166. The van der Waals surface area contributed by atoms with Gasteiger partial charge in [0.15, 0.2) is 0 Å². The Bertz CT molecular complexity index is 394. The van der Waals surface area contributed by atoms with Gasteiger partial charge >= 0.3 is 11.9 Å². The van der Waals surface area contributed by atoms with Crippen LogP contribution in [0.2, 0.25) is 0 Å². The third-order valence-electron chi connectivity index (χ3n) is 3.39. The molecule has 0 aliphatic heterocycles. The van der Waals surface area contributed by atoms with Crippen molar-refractivity contribution in [3.63, 3.8) is 0 Å². The van der Waals surface area contributed by atoms with E-state index in [1.165, 1.54) is 7.11 Å². The molecule has 1 aliphatic carbocycles. The van der Waals surface area contributed by atoms with Crippen molar-refractivity contribution in [1.29, 1.82) is 0 Å². The molecule has 1 unspecified atom stereocenters. The Labute approximate surface area is 120 Å². The summed E-state index contributed by atoms with van der Waals surface area (Å²) < 4.78 is 9.97. The van der Waals surface area contributed by atoms with Gasteiger partial charge in [0, 0.05) is 12.8 Å². The Morgan fingerprint density at radius 1 is 1.30 bits per heavy atom. The Kier molecular flexibility index (Phi) is 5.31. The van der Waals surface area contributed by atoms with Crippen LogP contribution in [0.3, 0.4) is 0 Å². The minimum Gasteiger partial charge on any atom is -0.469 e. The largest absolute Gasteiger partial charge is 0.469 e. The van der Waals surface area contributed by atoms with E-state index in [1.54, 1.807) is 20.8 Å². The summed E-state index contributed by atoms with van der Waals surface area (Å²) in [5.74, 6) is -2.05. The summed E-state index contributed by atoms with van der Waals surface area (Å²) in [6.45, 7) is 7.23. The maximum atomic E-state index is 12.2. The topological polar surface area (TPSA) is 69.7 Å². The monoisotopic (exact) mass is 284 g/mol. The third kappa shape index (κ3) is 4.62. The van der Waals surface area contributed by atoms with Gasteiger partial charge in [0.2, 0.25) is 0 Å². The van der Waals surface area contributed by atoms with E-state index in [4.69, 9.17) is 4.74 Å². The molecule has 0 amide bonds. The first-order valence-corrected chi connectivity index (χ1v) is 6.96. The Balaban J connectivity index is 2.88. The number of rotatable bonds is 3. The van der Waals surface area contributed by atoms with Crippen LogP contribution in [0.25, 0.3) is 0 Å². The first-order valence-electron chi connectivity index (χ1n) is 6.96. The van der Waals surface area contributed by atoms with Crippen molar-refractivity contribution >= 4 is 17.7 Å². The predicted octanol–water partition coefficient (Wildman–Crippen LogP) is 2.12. The van der Waals surface area contributed by atoms with Crippen LogP contribution in [0.1, 0.15) is 47.0 Å². The van der Waals surface area contributed by atoms with E-state index >= 15 is 0 Å². The minimum atomic E-state index is -0.843. The van der Waals surface area contributed by atoms with Crippen molar-refractivity contribution in [2.45, 2.75) is 52.6 Å². The number of methoxy groups -OCH3 is 1. The number of hydrogen-bond acceptors (Lipinski definition) is 5. The lowest BCUT2D eigenvalue weighted by atomic mass is 9.72. The van der Waals surface area contributed by atoms with Crippen LogP contribution in [0, 0.1) is 17.8 Å². The van der Waals surface area contributed by atoms with E-state index in [9.17, 15) is 14.4 Å². The quantitative estimate of drug-likeness (QED) is 0.586. The highest BCUT2D eigenvalue weighted by Gasteiger charge is 2.42. The molecule has 5 nitrogen and oxygen atoms in total. The SMILES string of the molecule is COC(=O)C[C@@H]1C[C@@H](C)CC(=O)C1C(=O)OC(C)(C)C. The van der Waals surface area contributed by atoms with Gasteiger partial charge in [0.25, 0.3) is 0 Å². The Morgan fingerprint density at radius 3 is 2.40 bits per heavy atom. The van der Waals surface area contributed by atoms with Crippen LogP contribution in [-0.4, -0.2) is 30.4 Å². The van der Waals surface area contributed by atoms with E-state index in [1.807, 2.05) is 6.92 Å². The van der Waals surface area contributed by atoms with Gasteiger partial charge in [-0.05, 0) is 39.0 Å². The molecular formula is C15H24O5. The molecule has 0 spiro atoms. The van der Waals surface area contributed by atoms with Crippen molar-refractivity contribution in [3.05, 3.63) is 0 Å². The summed E-state index contributed by atoms with van der Waals surface area (Å²) in [6.07, 6.45) is 1.10. The summed E-state index contributed by atoms with van der Waals surface area (Å²) in [6, 6.07) is 0. The molecule has 0 radical (unpaired) electrons. The minimum absolute atomic E-state index is 0.0799. The zero-order chi connectivity index (χ0) is 15.5. The van der Waals surface area contributed by atoms with E-state index < -0.39 is 23.5 Å². The first kappa shape index (κ1) is 16.7. The molecule has 0 saturated heterocycles. The number of ketones is 1. The zero-order valence-electron chi connectivity index (χ0n) is 12.9. The van der Waals surface area contributed by atoms with Gasteiger partial charge in [-0.2, -0.15) is 0 Å². The normalized spacial score (nSPS) is 27.1. The lowest BCUT2D eigenvalue weighted by Crippen LogP contribution is -2.42. The number of carbonyl (C=O) groups is 3. The van der Waals surface area contributed by atoms with Crippen LogP contribution in [-0.2, 0) is 23.9 Å². The standard InChI is InChI=1S/C15H24O5/c1-9-6-10(8-12(17)19-5)13(11(16)7-9)14(18)20-15(2,3)4/h9-10,13H,6-8H2,1-5H3/t9-,10+,13?/m1/s1. The van der Waals surface area contributed by atoms with E-state index in [0.717, 1.165) is 0 Å². The molecule has 0 aromatic rings.